The maximum absolute atomic E-state index is 11.8. The molecule has 0 unspecified atom stereocenters. The first-order valence-corrected chi connectivity index (χ1v) is 7.59. The summed E-state index contributed by atoms with van der Waals surface area (Å²) in [5.74, 6) is 0.187. The lowest BCUT2D eigenvalue weighted by molar-refractivity contribution is 0.0601. The van der Waals surface area contributed by atoms with E-state index in [1.807, 2.05) is 24.3 Å². The Kier molecular flexibility index (Phi) is 5.03. The number of ether oxygens (including phenoxy) is 1. The number of carbonyl (C=O) groups excluding carboxylic acids is 1. The van der Waals surface area contributed by atoms with E-state index in [1.165, 1.54) is 18.9 Å². The summed E-state index contributed by atoms with van der Waals surface area (Å²) in [4.78, 5) is 16.1. The van der Waals surface area contributed by atoms with Crippen molar-refractivity contribution in [2.24, 2.45) is 0 Å². The number of benzene rings is 1. The molecule has 104 valence electrons. The highest BCUT2D eigenvalue weighted by Crippen LogP contribution is 2.26. The summed E-state index contributed by atoms with van der Waals surface area (Å²) in [5, 5.41) is 0.881. The molecule has 1 aromatic heterocycles. The Balaban J connectivity index is 2.19. The minimum absolute atomic E-state index is 0.414. The molecule has 0 aliphatic rings. The molecule has 1 heterocycles. The van der Waals surface area contributed by atoms with E-state index < -0.39 is 5.97 Å². The van der Waals surface area contributed by atoms with Crippen LogP contribution in [0, 0.1) is 0 Å². The fraction of sp³-hybridized carbons (Fsp3) is 0.143. The van der Waals surface area contributed by atoms with Crippen LogP contribution >= 0.6 is 27.7 Å². The van der Waals surface area contributed by atoms with Gasteiger partial charge >= 0.3 is 5.97 Å². The summed E-state index contributed by atoms with van der Waals surface area (Å²) >= 11 is 4.88. The van der Waals surface area contributed by atoms with Gasteiger partial charge in [-0.05, 0) is 39.7 Å². The standard InChI is InChI=1S/C14H13BrN2O2S/c1-19-14(18)13-9(3-2-4-11(13)16)8-20-12-6-5-10(15)7-17-12/h2-7H,8,16H2,1H3. The van der Waals surface area contributed by atoms with Gasteiger partial charge in [0.25, 0.3) is 0 Å². The Morgan fingerprint density at radius 3 is 2.85 bits per heavy atom. The van der Waals surface area contributed by atoms with Gasteiger partial charge in [-0.3, -0.25) is 0 Å². The van der Waals surface area contributed by atoms with Crippen LogP contribution in [-0.2, 0) is 10.5 Å². The average molecular weight is 353 g/mol. The number of hydrogen-bond donors (Lipinski definition) is 1. The molecule has 0 bridgehead atoms. The molecule has 20 heavy (non-hydrogen) atoms. The topological polar surface area (TPSA) is 65.2 Å². The normalized spacial score (nSPS) is 10.3. The number of pyridine rings is 1. The number of nitrogen functional groups attached to an aromatic ring is 1. The monoisotopic (exact) mass is 352 g/mol. The third-order valence-electron chi connectivity index (χ3n) is 2.65. The van der Waals surface area contributed by atoms with Gasteiger partial charge in [-0.15, -0.1) is 11.8 Å². The number of methoxy groups -OCH3 is 1. The number of esters is 1. The first-order valence-electron chi connectivity index (χ1n) is 5.82. The molecule has 0 aliphatic heterocycles. The van der Waals surface area contributed by atoms with Crippen molar-refractivity contribution in [3.05, 3.63) is 52.1 Å². The van der Waals surface area contributed by atoms with Gasteiger partial charge < -0.3 is 10.5 Å². The number of thioether (sulfide) groups is 1. The smallest absolute Gasteiger partial charge is 0.340 e. The highest BCUT2D eigenvalue weighted by molar-refractivity contribution is 9.10. The van der Waals surface area contributed by atoms with Crippen LogP contribution in [0.1, 0.15) is 15.9 Å². The molecule has 0 fully saturated rings. The van der Waals surface area contributed by atoms with Crippen molar-refractivity contribution < 1.29 is 9.53 Å². The van der Waals surface area contributed by atoms with Crippen molar-refractivity contribution in [1.29, 1.82) is 0 Å². The number of rotatable bonds is 4. The second-order valence-corrected chi connectivity index (χ2v) is 5.89. The maximum Gasteiger partial charge on any atom is 0.340 e. The molecule has 0 spiro atoms. The number of nitrogens with two attached hydrogens (primary N) is 1. The van der Waals surface area contributed by atoms with Crippen LogP contribution in [0.15, 0.2) is 46.0 Å². The summed E-state index contributed by atoms with van der Waals surface area (Å²) in [7, 11) is 1.35. The van der Waals surface area contributed by atoms with E-state index in [0.717, 1.165) is 15.1 Å². The van der Waals surface area contributed by atoms with Crippen LogP contribution in [0.2, 0.25) is 0 Å². The summed E-state index contributed by atoms with van der Waals surface area (Å²) in [6.45, 7) is 0. The number of halogens is 1. The molecule has 0 amide bonds. The molecule has 0 radical (unpaired) electrons. The lowest BCUT2D eigenvalue weighted by Gasteiger charge is -2.10. The maximum atomic E-state index is 11.8. The minimum atomic E-state index is -0.414. The van der Waals surface area contributed by atoms with Gasteiger partial charge in [0, 0.05) is 22.1 Å². The molecule has 1 aromatic carbocycles. The van der Waals surface area contributed by atoms with Gasteiger partial charge in [0.1, 0.15) is 0 Å². The Hall–Kier alpha value is -1.53. The molecule has 6 heteroatoms. The minimum Gasteiger partial charge on any atom is -0.465 e. The highest BCUT2D eigenvalue weighted by atomic mass is 79.9. The van der Waals surface area contributed by atoms with E-state index >= 15 is 0 Å². The average Bonchev–Trinajstić information content (AvgIpc) is 2.46. The van der Waals surface area contributed by atoms with E-state index in [4.69, 9.17) is 10.5 Å². The van der Waals surface area contributed by atoms with E-state index in [-0.39, 0.29) is 0 Å². The first-order chi connectivity index (χ1) is 9.61. The zero-order valence-electron chi connectivity index (χ0n) is 10.8. The van der Waals surface area contributed by atoms with Gasteiger partial charge in [0.15, 0.2) is 0 Å². The summed E-state index contributed by atoms with van der Waals surface area (Å²) in [6, 6.07) is 9.23. The second kappa shape index (κ2) is 6.76. The van der Waals surface area contributed by atoms with Crippen LogP contribution in [-0.4, -0.2) is 18.1 Å². The Bertz CT molecular complexity index is 617. The van der Waals surface area contributed by atoms with Crippen LogP contribution in [0.25, 0.3) is 0 Å². The van der Waals surface area contributed by atoms with Crippen LogP contribution < -0.4 is 5.73 Å². The zero-order chi connectivity index (χ0) is 14.5. The number of anilines is 1. The number of hydrogen-bond acceptors (Lipinski definition) is 5. The van der Waals surface area contributed by atoms with E-state index in [0.29, 0.717) is 17.0 Å². The lowest BCUT2D eigenvalue weighted by Crippen LogP contribution is -2.09. The summed E-state index contributed by atoms with van der Waals surface area (Å²) in [5.41, 5.74) is 7.55. The third kappa shape index (κ3) is 3.52. The van der Waals surface area contributed by atoms with Crippen molar-refractivity contribution in [2.75, 3.05) is 12.8 Å². The largest absolute Gasteiger partial charge is 0.465 e. The van der Waals surface area contributed by atoms with Crippen molar-refractivity contribution in [1.82, 2.24) is 4.98 Å². The summed E-state index contributed by atoms with van der Waals surface area (Å²) < 4.78 is 5.71. The van der Waals surface area contributed by atoms with E-state index in [9.17, 15) is 4.79 Å². The molecule has 4 nitrogen and oxygen atoms in total. The van der Waals surface area contributed by atoms with Crippen LogP contribution in [0.3, 0.4) is 0 Å². The molecule has 2 N–H and O–H groups in total. The van der Waals surface area contributed by atoms with E-state index in [1.54, 1.807) is 12.3 Å². The van der Waals surface area contributed by atoms with E-state index in [2.05, 4.69) is 20.9 Å². The van der Waals surface area contributed by atoms with Gasteiger partial charge in [0.05, 0.1) is 17.7 Å². The Morgan fingerprint density at radius 1 is 1.40 bits per heavy atom. The molecule has 0 aliphatic carbocycles. The number of carbonyl (C=O) groups is 1. The number of aromatic nitrogens is 1. The molecular formula is C14H13BrN2O2S. The molecular weight excluding hydrogens is 340 g/mol. The van der Waals surface area contributed by atoms with Crippen molar-refractivity contribution in [3.63, 3.8) is 0 Å². The second-order valence-electron chi connectivity index (χ2n) is 3.98. The Morgan fingerprint density at radius 2 is 2.20 bits per heavy atom. The highest BCUT2D eigenvalue weighted by Gasteiger charge is 2.15. The zero-order valence-corrected chi connectivity index (χ0v) is 13.2. The molecule has 2 aromatic rings. The van der Waals surface area contributed by atoms with Gasteiger partial charge in [-0.25, -0.2) is 9.78 Å². The molecule has 0 atom stereocenters. The van der Waals surface area contributed by atoms with Gasteiger partial charge in [-0.2, -0.15) is 0 Å². The number of nitrogens with zero attached hydrogens (tertiary/aromatic N) is 1. The van der Waals surface area contributed by atoms with Crippen molar-refractivity contribution >= 4 is 39.3 Å². The SMILES string of the molecule is COC(=O)c1c(N)cccc1CSc1ccc(Br)cn1. The van der Waals surface area contributed by atoms with Crippen LogP contribution in [0.4, 0.5) is 5.69 Å². The van der Waals surface area contributed by atoms with Crippen molar-refractivity contribution in [2.45, 2.75) is 10.8 Å². The van der Waals surface area contributed by atoms with Crippen molar-refractivity contribution in [3.8, 4) is 0 Å². The quantitative estimate of drug-likeness (QED) is 0.518. The molecule has 0 saturated carbocycles. The predicted octanol–water partition coefficient (Wildman–Crippen LogP) is 3.51. The van der Waals surface area contributed by atoms with Gasteiger partial charge in [0.2, 0.25) is 0 Å². The van der Waals surface area contributed by atoms with Crippen LogP contribution in [0.5, 0.6) is 0 Å². The molecule has 0 saturated heterocycles. The lowest BCUT2D eigenvalue weighted by atomic mass is 10.1. The Labute approximate surface area is 129 Å². The molecule has 2 rings (SSSR count). The van der Waals surface area contributed by atoms with Gasteiger partial charge in [-0.1, -0.05) is 12.1 Å². The fourth-order valence-electron chi connectivity index (χ4n) is 1.69. The predicted molar refractivity (Wildman–Crippen MR) is 83.7 cm³/mol. The summed E-state index contributed by atoms with van der Waals surface area (Å²) in [6.07, 6.45) is 1.74. The third-order valence-corrected chi connectivity index (χ3v) is 4.11. The fourth-order valence-corrected chi connectivity index (χ4v) is 2.76. The first kappa shape index (κ1) is 14.9.